The minimum Gasteiger partial charge on any atom is -0.457 e. The van der Waals surface area contributed by atoms with Gasteiger partial charge in [-0.3, -0.25) is 14.7 Å². The zero-order chi connectivity index (χ0) is 20.5. The van der Waals surface area contributed by atoms with Gasteiger partial charge in [-0.2, -0.15) is 0 Å². The van der Waals surface area contributed by atoms with Crippen LogP contribution >= 0.6 is 0 Å². The Morgan fingerprint density at radius 1 is 1.07 bits per heavy atom. The predicted octanol–water partition coefficient (Wildman–Crippen LogP) is 3.76. The van der Waals surface area contributed by atoms with E-state index in [-0.39, 0.29) is 11.9 Å². The molecule has 2 aliphatic heterocycles. The molecule has 1 spiro atoms. The van der Waals surface area contributed by atoms with E-state index in [1.165, 1.54) is 23.3 Å². The lowest BCUT2D eigenvalue weighted by atomic mass is 9.78. The molecule has 1 atom stereocenters. The molecule has 0 radical (unpaired) electrons. The van der Waals surface area contributed by atoms with Crippen molar-refractivity contribution in [1.82, 2.24) is 9.88 Å². The number of aromatic nitrogens is 1. The van der Waals surface area contributed by atoms with Crippen molar-refractivity contribution in [3.8, 4) is 22.6 Å². The van der Waals surface area contributed by atoms with Crippen LogP contribution in [0.3, 0.4) is 0 Å². The molecule has 6 rings (SSSR count). The number of ether oxygens (including phenoxy) is 1. The van der Waals surface area contributed by atoms with Gasteiger partial charge in [-0.1, -0.05) is 18.2 Å². The number of carbonyl (C=O) groups is 1. The number of guanidine groups is 1. The molecule has 6 heteroatoms. The molecule has 6 nitrogen and oxygen atoms in total. The van der Waals surface area contributed by atoms with Crippen molar-refractivity contribution in [3.63, 3.8) is 0 Å². The maximum atomic E-state index is 13.6. The van der Waals surface area contributed by atoms with E-state index in [2.05, 4.69) is 17.1 Å². The molecule has 1 unspecified atom stereocenters. The topological polar surface area (TPSA) is 80.8 Å². The lowest BCUT2D eigenvalue weighted by molar-refractivity contribution is -0.129. The van der Waals surface area contributed by atoms with Gasteiger partial charge in [0.05, 0.1) is 0 Å². The van der Waals surface area contributed by atoms with Crippen LogP contribution in [0.2, 0.25) is 0 Å². The number of carbonyl (C=O) groups excluding carboxylic acids is 1. The van der Waals surface area contributed by atoms with Crippen LogP contribution in [0.4, 0.5) is 0 Å². The predicted molar refractivity (Wildman–Crippen MR) is 113 cm³/mol. The van der Waals surface area contributed by atoms with E-state index in [1.54, 1.807) is 19.4 Å². The smallest absolute Gasteiger partial charge is 0.266 e. The number of aliphatic imine (C=N–C) groups is 1. The molecule has 3 aliphatic rings. The number of benzene rings is 2. The van der Waals surface area contributed by atoms with E-state index in [0.717, 1.165) is 16.7 Å². The van der Waals surface area contributed by atoms with Crippen molar-refractivity contribution in [1.29, 1.82) is 0 Å². The highest BCUT2D eigenvalue weighted by Gasteiger charge is 2.54. The average molecular weight is 396 g/mol. The normalized spacial score (nSPS) is 21.8. The van der Waals surface area contributed by atoms with Crippen molar-refractivity contribution in [3.05, 3.63) is 77.6 Å². The minimum absolute atomic E-state index is 0.165. The Balaban J connectivity index is 1.62. The van der Waals surface area contributed by atoms with Crippen molar-refractivity contribution in [2.24, 2.45) is 10.7 Å². The fourth-order valence-electron chi connectivity index (χ4n) is 4.46. The van der Waals surface area contributed by atoms with Crippen LogP contribution in [-0.2, 0) is 10.3 Å². The average Bonchev–Trinajstić information content (AvgIpc) is 3.60. The fourth-order valence-corrected chi connectivity index (χ4v) is 4.46. The third kappa shape index (κ3) is 2.27. The first-order valence-electron chi connectivity index (χ1n) is 10.1. The summed E-state index contributed by atoms with van der Waals surface area (Å²) in [5.74, 6) is 1.87. The molecule has 0 bridgehead atoms. The molecule has 2 aromatic carbocycles. The molecule has 3 aromatic rings. The fraction of sp³-hybridized carbons (Fsp3) is 0.208. The van der Waals surface area contributed by atoms with Gasteiger partial charge < -0.3 is 10.5 Å². The van der Waals surface area contributed by atoms with Crippen LogP contribution in [0.1, 0.15) is 35.4 Å². The summed E-state index contributed by atoms with van der Waals surface area (Å²) in [7, 11) is 1.67. The standard InChI is InChI=1S/C24H20N4O2/c1-28-22(29)24(27-23(28)25)18-11-15(14-4-5-14)6-8-20(18)30-21-9-7-16(12-19(21)24)17-3-2-10-26-13-17/h2-3,6-14H,4-5H2,1H3,(H2,25,27). The van der Waals surface area contributed by atoms with E-state index < -0.39 is 5.54 Å². The van der Waals surface area contributed by atoms with Crippen molar-refractivity contribution in [2.75, 3.05) is 7.05 Å². The molecule has 2 N–H and O–H groups in total. The van der Waals surface area contributed by atoms with Crippen molar-refractivity contribution >= 4 is 11.9 Å². The highest BCUT2D eigenvalue weighted by Crippen LogP contribution is 2.54. The summed E-state index contributed by atoms with van der Waals surface area (Å²) in [6.07, 6.45) is 5.89. The summed E-state index contributed by atoms with van der Waals surface area (Å²) in [5.41, 5.74) is 9.53. The second-order valence-corrected chi connectivity index (χ2v) is 8.13. The van der Waals surface area contributed by atoms with Crippen LogP contribution in [0.5, 0.6) is 11.5 Å². The Kier molecular flexibility index (Phi) is 3.40. The number of likely N-dealkylation sites (N-methyl/N-ethyl adjacent to an activating group) is 1. The first-order chi connectivity index (χ1) is 14.6. The third-order valence-corrected chi connectivity index (χ3v) is 6.27. The van der Waals surface area contributed by atoms with E-state index in [9.17, 15) is 4.79 Å². The Labute approximate surface area is 174 Å². The van der Waals surface area contributed by atoms with Gasteiger partial charge in [-0.25, -0.2) is 4.99 Å². The monoisotopic (exact) mass is 396 g/mol. The second kappa shape index (κ2) is 5.92. The first-order valence-corrected chi connectivity index (χ1v) is 10.1. The van der Waals surface area contributed by atoms with E-state index in [1.807, 2.05) is 36.4 Å². The Hall–Kier alpha value is -3.67. The zero-order valence-electron chi connectivity index (χ0n) is 16.5. The molecule has 1 saturated carbocycles. The molecule has 3 heterocycles. The number of nitrogens with two attached hydrogens (primary N) is 1. The van der Waals surface area contributed by atoms with Crippen LogP contribution in [0, 0.1) is 0 Å². The molecule has 1 fully saturated rings. The van der Waals surface area contributed by atoms with Gasteiger partial charge in [0, 0.05) is 36.1 Å². The number of amides is 1. The number of nitrogens with zero attached hydrogens (tertiary/aromatic N) is 3. The number of hydrogen-bond donors (Lipinski definition) is 1. The molecule has 1 aromatic heterocycles. The summed E-state index contributed by atoms with van der Waals surface area (Å²) in [5, 5.41) is 0. The first kappa shape index (κ1) is 17.2. The van der Waals surface area contributed by atoms with E-state index >= 15 is 0 Å². The van der Waals surface area contributed by atoms with Gasteiger partial charge in [0.25, 0.3) is 5.91 Å². The number of hydrogen-bond acceptors (Lipinski definition) is 5. The molecule has 30 heavy (non-hydrogen) atoms. The minimum atomic E-state index is -1.23. The van der Waals surface area contributed by atoms with E-state index in [0.29, 0.717) is 23.0 Å². The second-order valence-electron chi connectivity index (χ2n) is 8.13. The lowest BCUT2D eigenvalue weighted by Gasteiger charge is -2.34. The molecule has 148 valence electrons. The SMILES string of the molecule is CN1C(=O)C2(N=C1N)c1cc(-c3cccnc3)ccc1Oc1ccc(C3CC3)cc12. The Bertz CT molecular complexity index is 1230. The quantitative estimate of drug-likeness (QED) is 0.715. The summed E-state index contributed by atoms with van der Waals surface area (Å²) in [4.78, 5) is 24.0. The summed E-state index contributed by atoms with van der Waals surface area (Å²) in [6.45, 7) is 0. The summed E-state index contributed by atoms with van der Waals surface area (Å²) >= 11 is 0. The van der Waals surface area contributed by atoms with Crippen LogP contribution in [0.15, 0.2) is 65.9 Å². The highest BCUT2D eigenvalue weighted by atomic mass is 16.5. The number of fused-ring (bicyclic) bond motifs is 4. The van der Waals surface area contributed by atoms with Gasteiger partial charge in [0.1, 0.15) is 11.5 Å². The van der Waals surface area contributed by atoms with Gasteiger partial charge >= 0.3 is 0 Å². The molecule has 1 aliphatic carbocycles. The molecular weight excluding hydrogens is 376 g/mol. The van der Waals surface area contributed by atoms with Gasteiger partial charge in [0.2, 0.25) is 5.54 Å². The van der Waals surface area contributed by atoms with Gasteiger partial charge in [-0.05, 0) is 60.2 Å². The highest BCUT2D eigenvalue weighted by molar-refractivity contribution is 6.10. The zero-order valence-corrected chi connectivity index (χ0v) is 16.5. The Morgan fingerprint density at radius 2 is 1.83 bits per heavy atom. The lowest BCUT2D eigenvalue weighted by Crippen LogP contribution is -2.42. The Morgan fingerprint density at radius 3 is 2.50 bits per heavy atom. The van der Waals surface area contributed by atoms with Crippen molar-refractivity contribution in [2.45, 2.75) is 24.3 Å². The third-order valence-electron chi connectivity index (χ3n) is 6.27. The van der Waals surface area contributed by atoms with Gasteiger partial charge in [-0.15, -0.1) is 0 Å². The maximum absolute atomic E-state index is 13.6. The van der Waals surface area contributed by atoms with Crippen molar-refractivity contribution < 1.29 is 9.53 Å². The summed E-state index contributed by atoms with van der Waals surface area (Å²) < 4.78 is 6.23. The van der Waals surface area contributed by atoms with Gasteiger partial charge in [0.15, 0.2) is 5.96 Å². The molecular formula is C24H20N4O2. The number of pyridine rings is 1. The molecule has 0 saturated heterocycles. The molecule has 1 amide bonds. The summed E-state index contributed by atoms with van der Waals surface area (Å²) in [6, 6.07) is 15.9. The number of rotatable bonds is 2. The van der Waals surface area contributed by atoms with Crippen LogP contribution in [-0.4, -0.2) is 28.8 Å². The van der Waals surface area contributed by atoms with Crippen LogP contribution < -0.4 is 10.5 Å². The largest absolute Gasteiger partial charge is 0.457 e. The maximum Gasteiger partial charge on any atom is 0.266 e. The van der Waals surface area contributed by atoms with Crippen LogP contribution in [0.25, 0.3) is 11.1 Å². The van der Waals surface area contributed by atoms with E-state index in [4.69, 9.17) is 15.5 Å².